The van der Waals surface area contributed by atoms with Gasteiger partial charge in [-0.3, -0.25) is 4.99 Å². The SMILES string of the molecule is CC1=CN=C(C(C)C)CC1. The van der Waals surface area contributed by atoms with E-state index in [-0.39, 0.29) is 0 Å². The van der Waals surface area contributed by atoms with Crippen LogP contribution in [0.5, 0.6) is 0 Å². The van der Waals surface area contributed by atoms with Crippen molar-refractivity contribution < 1.29 is 0 Å². The molecule has 1 rings (SSSR count). The van der Waals surface area contributed by atoms with Crippen molar-refractivity contribution in [3.8, 4) is 0 Å². The van der Waals surface area contributed by atoms with E-state index in [1.165, 1.54) is 24.1 Å². The first-order valence-corrected chi connectivity index (χ1v) is 3.92. The summed E-state index contributed by atoms with van der Waals surface area (Å²) in [5.41, 5.74) is 2.76. The van der Waals surface area contributed by atoms with Gasteiger partial charge in [-0.2, -0.15) is 0 Å². The molecule has 10 heavy (non-hydrogen) atoms. The molecule has 0 aromatic rings. The van der Waals surface area contributed by atoms with Gasteiger partial charge in [0, 0.05) is 11.9 Å². The topological polar surface area (TPSA) is 12.4 Å². The normalized spacial score (nSPS) is 18.8. The summed E-state index contributed by atoms with van der Waals surface area (Å²) in [4.78, 5) is 4.36. The average molecular weight is 137 g/mol. The molecule has 0 fully saturated rings. The lowest BCUT2D eigenvalue weighted by Gasteiger charge is -2.13. The van der Waals surface area contributed by atoms with Crippen LogP contribution in [0.25, 0.3) is 0 Å². The smallest absolute Gasteiger partial charge is 0.0256 e. The van der Waals surface area contributed by atoms with E-state index in [0.29, 0.717) is 5.92 Å². The third-order valence-electron chi connectivity index (χ3n) is 1.89. The van der Waals surface area contributed by atoms with Crippen molar-refractivity contribution in [1.82, 2.24) is 0 Å². The summed E-state index contributed by atoms with van der Waals surface area (Å²) < 4.78 is 0. The lowest BCUT2D eigenvalue weighted by molar-refractivity contribution is 0.821. The first kappa shape index (κ1) is 7.52. The highest BCUT2D eigenvalue weighted by Gasteiger charge is 2.07. The number of rotatable bonds is 1. The summed E-state index contributed by atoms with van der Waals surface area (Å²) in [6.45, 7) is 6.54. The summed E-state index contributed by atoms with van der Waals surface area (Å²) in [7, 11) is 0. The van der Waals surface area contributed by atoms with Crippen LogP contribution >= 0.6 is 0 Å². The van der Waals surface area contributed by atoms with E-state index in [1.807, 2.05) is 6.20 Å². The molecule has 0 spiro atoms. The number of aliphatic imine (C=N–C) groups is 1. The van der Waals surface area contributed by atoms with Crippen molar-refractivity contribution >= 4 is 5.71 Å². The monoisotopic (exact) mass is 137 g/mol. The van der Waals surface area contributed by atoms with E-state index < -0.39 is 0 Å². The van der Waals surface area contributed by atoms with Gasteiger partial charge < -0.3 is 0 Å². The first-order chi connectivity index (χ1) is 4.70. The Labute approximate surface area is 62.9 Å². The van der Waals surface area contributed by atoms with Crippen molar-refractivity contribution in [2.24, 2.45) is 10.9 Å². The predicted molar refractivity (Wildman–Crippen MR) is 45.3 cm³/mol. The van der Waals surface area contributed by atoms with E-state index >= 15 is 0 Å². The third-order valence-corrected chi connectivity index (χ3v) is 1.89. The van der Waals surface area contributed by atoms with Gasteiger partial charge in [-0.05, 0) is 25.7 Å². The summed E-state index contributed by atoms with van der Waals surface area (Å²) in [6, 6.07) is 0. The highest BCUT2D eigenvalue weighted by atomic mass is 14.7. The Bertz CT molecular complexity index is 175. The molecule has 0 aromatic carbocycles. The number of nitrogens with zero attached hydrogens (tertiary/aromatic N) is 1. The Hall–Kier alpha value is -0.590. The molecule has 1 heterocycles. The van der Waals surface area contributed by atoms with Crippen molar-refractivity contribution in [2.75, 3.05) is 0 Å². The Morgan fingerprint density at radius 1 is 1.40 bits per heavy atom. The van der Waals surface area contributed by atoms with Crippen molar-refractivity contribution in [1.29, 1.82) is 0 Å². The van der Waals surface area contributed by atoms with Crippen LogP contribution in [0.1, 0.15) is 33.6 Å². The zero-order chi connectivity index (χ0) is 7.56. The van der Waals surface area contributed by atoms with E-state index in [0.717, 1.165) is 0 Å². The molecule has 56 valence electrons. The summed E-state index contributed by atoms with van der Waals surface area (Å²) >= 11 is 0. The Balaban J connectivity index is 2.64. The molecule has 0 aromatic heterocycles. The van der Waals surface area contributed by atoms with E-state index in [9.17, 15) is 0 Å². The van der Waals surface area contributed by atoms with Crippen molar-refractivity contribution in [2.45, 2.75) is 33.6 Å². The van der Waals surface area contributed by atoms with Gasteiger partial charge in [-0.1, -0.05) is 19.4 Å². The molecule has 0 bridgehead atoms. The standard InChI is InChI=1S/C9H15N/c1-7(2)9-5-4-8(3)6-10-9/h6-7H,4-5H2,1-3H3. The second-order valence-electron chi connectivity index (χ2n) is 3.25. The minimum atomic E-state index is 0.629. The van der Waals surface area contributed by atoms with Gasteiger partial charge in [0.2, 0.25) is 0 Å². The number of allylic oxidation sites excluding steroid dienone is 1. The quantitative estimate of drug-likeness (QED) is 0.527. The highest BCUT2D eigenvalue weighted by Crippen LogP contribution is 2.15. The molecule has 0 saturated heterocycles. The minimum absolute atomic E-state index is 0.629. The van der Waals surface area contributed by atoms with E-state index in [1.54, 1.807) is 0 Å². The van der Waals surface area contributed by atoms with Crippen LogP contribution in [-0.2, 0) is 0 Å². The lowest BCUT2D eigenvalue weighted by atomic mass is 9.99. The molecule has 0 amide bonds. The van der Waals surface area contributed by atoms with Crippen LogP contribution < -0.4 is 0 Å². The molecule has 1 aliphatic heterocycles. The molecular weight excluding hydrogens is 122 g/mol. The molecule has 0 radical (unpaired) electrons. The summed E-state index contributed by atoms with van der Waals surface area (Å²) in [5, 5.41) is 0. The first-order valence-electron chi connectivity index (χ1n) is 3.92. The second-order valence-corrected chi connectivity index (χ2v) is 3.25. The van der Waals surface area contributed by atoms with Gasteiger partial charge in [-0.25, -0.2) is 0 Å². The molecule has 0 aliphatic carbocycles. The average Bonchev–Trinajstić information content (AvgIpc) is 1.88. The van der Waals surface area contributed by atoms with Gasteiger partial charge in [-0.15, -0.1) is 0 Å². The van der Waals surface area contributed by atoms with Crippen molar-refractivity contribution in [3.05, 3.63) is 11.8 Å². The van der Waals surface area contributed by atoms with Crippen LogP contribution in [0.3, 0.4) is 0 Å². The molecule has 1 nitrogen and oxygen atoms in total. The summed E-state index contributed by atoms with van der Waals surface area (Å²) in [5.74, 6) is 0.629. The Morgan fingerprint density at radius 2 is 2.10 bits per heavy atom. The van der Waals surface area contributed by atoms with Gasteiger partial charge in [0.15, 0.2) is 0 Å². The highest BCUT2D eigenvalue weighted by molar-refractivity contribution is 5.87. The Morgan fingerprint density at radius 3 is 2.50 bits per heavy atom. The molecule has 0 unspecified atom stereocenters. The lowest BCUT2D eigenvalue weighted by Crippen LogP contribution is -2.09. The zero-order valence-corrected chi connectivity index (χ0v) is 7.02. The maximum Gasteiger partial charge on any atom is 0.0256 e. The molecule has 1 aliphatic rings. The van der Waals surface area contributed by atoms with Gasteiger partial charge >= 0.3 is 0 Å². The fourth-order valence-electron chi connectivity index (χ4n) is 1.09. The van der Waals surface area contributed by atoms with E-state index in [2.05, 4.69) is 25.8 Å². The zero-order valence-electron chi connectivity index (χ0n) is 7.02. The fraction of sp³-hybridized carbons (Fsp3) is 0.667. The largest absolute Gasteiger partial charge is 0.265 e. The van der Waals surface area contributed by atoms with Gasteiger partial charge in [0.05, 0.1) is 0 Å². The molecule has 0 atom stereocenters. The van der Waals surface area contributed by atoms with E-state index in [4.69, 9.17) is 0 Å². The maximum atomic E-state index is 4.36. The van der Waals surface area contributed by atoms with Crippen LogP contribution in [0.15, 0.2) is 16.8 Å². The maximum absolute atomic E-state index is 4.36. The predicted octanol–water partition coefficient (Wildman–Crippen LogP) is 2.78. The molecule has 1 heteroatoms. The minimum Gasteiger partial charge on any atom is -0.265 e. The third kappa shape index (κ3) is 1.69. The van der Waals surface area contributed by atoms with Crippen LogP contribution in [0.4, 0.5) is 0 Å². The number of hydrogen-bond acceptors (Lipinski definition) is 1. The second kappa shape index (κ2) is 3.00. The molecular formula is C9H15N. The molecule has 0 saturated carbocycles. The summed E-state index contributed by atoms with van der Waals surface area (Å²) in [6.07, 6.45) is 4.37. The van der Waals surface area contributed by atoms with Crippen LogP contribution in [-0.4, -0.2) is 5.71 Å². The van der Waals surface area contributed by atoms with Gasteiger partial charge in [0.25, 0.3) is 0 Å². The van der Waals surface area contributed by atoms with Crippen molar-refractivity contribution in [3.63, 3.8) is 0 Å². The van der Waals surface area contributed by atoms with Crippen LogP contribution in [0.2, 0.25) is 0 Å². The van der Waals surface area contributed by atoms with Crippen LogP contribution in [0, 0.1) is 5.92 Å². The molecule has 0 N–H and O–H groups in total. The number of hydrogen-bond donors (Lipinski definition) is 0. The fourth-order valence-corrected chi connectivity index (χ4v) is 1.09. The Kier molecular flexibility index (Phi) is 2.25. The van der Waals surface area contributed by atoms with Gasteiger partial charge in [0.1, 0.15) is 0 Å².